The maximum atomic E-state index is 12.8. The van der Waals surface area contributed by atoms with Crippen LogP contribution in [0.5, 0.6) is 0 Å². The number of carbonyl (C=O) groups excluding carboxylic acids is 1. The van der Waals surface area contributed by atoms with Gasteiger partial charge in [-0.1, -0.05) is 5.16 Å². The van der Waals surface area contributed by atoms with E-state index in [9.17, 15) is 4.79 Å². The number of aryl methyl sites for hydroxylation is 1. The number of anilines is 1. The third-order valence-corrected chi connectivity index (χ3v) is 5.37. The number of hydrogen-bond acceptors (Lipinski definition) is 7. The minimum absolute atomic E-state index is 0.259. The first-order valence-corrected chi connectivity index (χ1v) is 8.91. The van der Waals surface area contributed by atoms with Gasteiger partial charge >= 0.3 is 0 Å². The van der Waals surface area contributed by atoms with Crippen molar-refractivity contribution in [3.05, 3.63) is 24.2 Å². The van der Waals surface area contributed by atoms with E-state index in [1.165, 1.54) is 0 Å². The summed E-state index contributed by atoms with van der Waals surface area (Å²) in [7, 11) is 1.67. The molecule has 2 aliphatic rings. The lowest BCUT2D eigenvalue weighted by Crippen LogP contribution is -2.38. The summed E-state index contributed by atoms with van der Waals surface area (Å²) in [4.78, 5) is 25.7. The Morgan fingerprint density at radius 2 is 2.15 bits per heavy atom. The van der Waals surface area contributed by atoms with Gasteiger partial charge in [0.05, 0.1) is 17.6 Å². The summed E-state index contributed by atoms with van der Waals surface area (Å²) >= 11 is 0. The number of pyridine rings is 1. The molecule has 0 aromatic carbocycles. The molecule has 26 heavy (non-hydrogen) atoms. The van der Waals surface area contributed by atoms with Crippen molar-refractivity contribution in [3.63, 3.8) is 0 Å². The summed E-state index contributed by atoms with van der Waals surface area (Å²) in [5.74, 6) is 2.21. The molecule has 0 aliphatic carbocycles. The fraction of sp³-hybridized carbons (Fsp3) is 0.556. The van der Waals surface area contributed by atoms with Crippen molar-refractivity contribution in [2.24, 2.45) is 5.41 Å². The number of hydrogen-bond donors (Lipinski definition) is 0. The van der Waals surface area contributed by atoms with E-state index >= 15 is 0 Å². The minimum Gasteiger partial charge on any atom is -0.383 e. The van der Waals surface area contributed by atoms with Crippen molar-refractivity contribution in [1.29, 1.82) is 0 Å². The molecule has 1 atom stereocenters. The molecule has 1 unspecified atom stereocenters. The summed E-state index contributed by atoms with van der Waals surface area (Å²) in [6.45, 7) is 5.43. The number of ether oxygens (including phenoxy) is 1. The van der Waals surface area contributed by atoms with Crippen LogP contribution < -0.4 is 4.90 Å². The second kappa shape index (κ2) is 6.68. The van der Waals surface area contributed by atoms with Gasteiger partial charge in [-0.3, -0.25) is 4.79 Å². The standard InChI is InChI=1S/C18H23N5O3/c1-13-20-16(26-21-13)14-3-4-15(19-11-14)23-8-6-18(12-23)5-7-22(17(18)24)9-10-25-2/h3-4,11H,5-10,12H2,1-2H3. The van der Waals surface area contributed by atoms with Crippen molar-refractivity contribution >= 4 is 11.7 Å². The van der Waals surface area contributed by atoms with E-state index < -0.39 is 0 Å². The van der Waals surface area contributed by atoms with Crippen LogP contribution in [0, 0.1) is 12.3 Å². The van der Waals surface area contributed by atoms with E-state index in [1.54, 1.807) is 20.2 Å². The Bertz CT molecular complexity index is 790. The van der Waals surface area contributed by atoms with Gasteiger partial charge in [0.15, 0.2) is 5.82 Å². The molecule has 8 nitrogen and oxygen atoms in total. The summed E-state index contributed by atoms with van der Waals surface area (Å²) in [5.41, 5.74) is 0.531. The second-order valence-electron chi connectivity index (χ2n) is 7.04. The van der Waals surface area contributed by atoms with Crippen LogP contribution >= 0.6 is 0 Å². The molecule has 0 radical (unpaired) electrons. The average Bonchev–Trinajstić information content (AvgIpc) is 3.36. The van der Waals surface area contributed by atoms with Gasteiger partial charge in [-0.15, -0.1) is 0 Å². The summed E-state index contributed by atoms with van der Waals surface area (Å²) in [5, 5.41) is 3.80. The first-order chi connectivity index (χ1) is 12.6. The zero-order chi connectivity index (χ0) is 18.1. The van der Waals surface area contributed by atoms with E-state index in [1.807, 2.05) is 17.0 Å². The van der Waals surface area contributed by atoms with E-state index in [0.29, 0.717) is 24.9 Å². The molecule has 2 aliphatic heterocycles. The Morgan fingerprint density at radius 3 is 2.85 bits per heavy atom. The molecule has 0 bridgehead atoms. The summed E-state index contributed by atoms with van der Waals surface area (Å²) in [6.07, 6.45) is 3.53. The van der Waals surface area contributed by atoms with Gasteiger partial charge < -0.3 is 19.1 Å². The molecular weight excluding hydrogens is 334 g/mol. The molecule has 4 heterocycles. The molecule has 2 saturated heterocycles. The van der Waals surface area contributed by atoms with Crippen LogP contribution in [0.15, 0.2) is 22.9 Å². The van der Waals surface area contributed by atoms with Crippen molar-refractivity contribution in [3.8, 4) is 11.5 Å². The molecule has 4 rings (SSSR count). The lowest BCUT2D eigenvalue weighted by atomic mass is 9.85. The zero-order valence-corrected chi connectivity index (χ0v) is 15.1. The van der Waals surface area contributed by atoms with Gasteiger partial charge in [-0.2, -0.15) is 4.98 Å². The third kappa shape index (κ3) is 2.94. The molecule has 0 saturated carbocycles. The molecule has 1 amide bonds. The number of likely N-dealkylation sites (tertiary alicyclic amines) is 1. The summed E-state index contributed by atoms with van der Waals surface area (Å²) < 4.78 is 10.3. The Kier molecular flexibility index (Phi) is 4.36. The van der Waals surface area contributed by atoms with Crippen molar-refractivity contribution in [2.75, 3.05) is 44.8 Å². The lowest BCUT2D eigenvalue weighted by molar-refractivity contribution is -0.135. The largest absolute Gasteiger partial charge is 0.383 e. The predicted molar refractivity (Wildman–Crippen MR) is 94.6 cm³/mol. The molecule has 2 aromatic heterocycles. The van der Waals surface area contributed by atoms with E-state index in [2.05, 4.69) is 20.0 Å². The number of nitrogens with zero attached hydrogens (tertiary/aromatic N) is 5. The quantitative estimate of drug-likeness (QED) is 0.802. The maximum Gasteiger partial charge on any atom is 0.259 e. The second-order valence-corrected chi connectivity index (χ2v) is 7.04. The first-order valence-electron chi connectivity index (χ1n) is 8.91. The van der Waals surface area contributed by atoms with Crippen LogP contribution in [0.25, 0.3) is 11.5 Å². The smallest absolute Gasteiger partial charge is 0.259 e. The zero-order valence-electron chi connectivity index (χ0n) is 15.1. The number of methoxy groups -OCH3 is 1. The van der Waals surface area contributed by atoms with Gasteiger partial charge in [0.2, 0.25) is 5.91 Å². The highest BCUT2D eigenvalue weighted by atomic mass is 16.5. The molecule has 2 fully saturated rings. The maximum absolute atomic E-state index is 12.8. The van der Waals surface area contributed by atoms with Crippen molar-refractivity contribution < 1.29 is 14.1 Å². The molecule has 8 heteroatoms. The number of rotatable bonds is 5. The SMILES string of the molecule is COCCN1CCC2(CCN(c3ccc(-c4nc(C)no4)cn3)C2)C1=O. The highest BCUT2D eigenvalue weighted by Gasteiger charge is 2.50. The normalized spacial score (nSPS) is 22.8. The van der Waals surface area contributed by atoms with Crippen LogP contribution in [-0.2, 0) is 9.53 Å². The van der Waals surface area contributed by atoms with Gasteiger partial charge in [0.25, 0.3) is 5.89 Å². The van der Waals surface area contributed by atoms with Crippen LogP contribution in [0.3, 0.4) is 0 Å². The van der Waals surface area contributed by atoms with Crippen LogP contribution in [0.2, 0.25) is 0 Å². The van der Waals surface area contributed by atoms with Crippen LogP contribution in [0.1, 0.15) is 18.7 Å². The third-order valence-electron chi connectivity index (χ3n) is 5.37. The highest BCUT2D eigenvalue weighted by molar-refractivity contribution is 5.86. The van der Waals surface area contributed by atoms with Gasteiger partial charge in [0, 0.05) is 39.5 Å². The molecule has 0 N–H and O–H groups in total. The van der Waals surface area contributed by atoms with Crippen molar-refractivity contribution in [1.82, 2.24) is 20.0 Å². The Morgan fingerprint density at radius 1 is 1.31 bits per heavy atom. The van der Waals surface area contributed by atoms with Crippen LogP contribution in [-0.4, -0.2) is 65.8 Å². The van der Waals surface area contributed by atoms with E-state index in [0.717, 1.165) is 43.9 Å². The highest BCUT2D eigenvalue weighted by Crippen LogP contribution is 2.41. The minimum atomic E-state index is -0.266. The number of carbonyl (C=O) groups is 1. The van der Waals surface area contributed by atoms with Gasteiger partial charge in [0.1, 0.15) is 5.82 Å². The number of aromatic nitrogens is 3. The Balaban J connectivity index is 1.45. The van der Waals surface area contributed by atoms with Crippen LogP contribution in [0.4, 0.5) is 5.82 Å². The van der Waals surface area contributed by atoms with Crippen molar-refractivity contribution in [2.45, 2.75) is 19.8 Å². The average molecular weight is 357 g/mol. The lowest BCUT2D eigenvalue weighted by Gasteiger charge is -2.24. The number of amides is 1. The topological polar surface area (TPSA) is 84.6 Å². The summed E-state index contributed by atoms with van der Waals surface area (Å²) in [6, 6.07) is 3.89. The molecule has 2 aromatic rings. The first kappa shape index (κ1) is 17.0. The molecular formula is C18H23N5O3. The molecule has 138 valence electrons. The molecule has 1 spiro atoms. The predicted octanol–water partition coefficient (Wildman–Crippen LogP) is 1.52. The van der Waals surface area contributed by atoms with Gasteiger partial charge in [-0.05, 0) is 31.9 Å². The van der Waals surface area contributed by atoms with E-state index in [4.69, 9.17) is 9.26 Å². The monoisotopic (exact) mass is 357 g/mol. The fourth-order valence-corrected chi connectivity index (χ4v) is 3.87. The fourth-order valence-electron chi connectivity index (χ4n) is 3.87. The Labute approximate surface area is 152 Å². The van der Waals surface area contributed by atoms with E-state index in [-0.39, 0.29) is 11.3 Å². The van der Waals surface area contributed by atoms with Gasteiger partial charge in [-0.25, -0.2) is 4.98 Å². The Hall–Kier alpha value is -2.48.